The molecule has 1 N–H and O–H groups in total. The molecule has 112 valence electrons. The van der Waals surface area contributed by atoms with Gasteiger partial charge in [0.05, 0.1) is 30.5 Å². The molecular formula is C15H18N2O4. The Balaban J connectivity index is 2.58. The van der Waals surface area contributed by atoms with Crippen molar-refractivity contribution in [1.29, 1.82) is 0 Å². The number of fused-ring (bicyclic) bond motifs is 1. The Bertz CT molecular complexity index is 703. The van der Waals surface area contributed by atoms with Gasteiger partial charge < -0.3 is 14.0 Å². The second kappa shape index (κ2) is 5.87. The normalized spacial score (nSPS) is 10.5. The first kappa shape index (κ1) is 14.9. The fourth-order valence-electron chi connectivity index (χ4n) is 2.25. The van der Waals surface area contributed by atoms with E-state index in [9.17, 15) is 9.59 Å². The van der Waals surface area contributed by atoms with Crippen LogP contribution in [-0.2, 0) is 16.5 Å². The van der Waals surface area contributed by atoms with Gasteiger partial charge in [-0.3, -0.25) is 5.32 Å². The molecule has 21 heavy (non-hydrogen) atoms. The van der Waals surface area contributed by atoms with Gasteiger partial charge in [-0.1, -0.05) is 0 Å². The number of ether oxygens (including phenoxy) is 2. The number of benzene rings is 1. The van der Waals surface area contributed by atoms with E-state index in [1.54, 1.807) is 19.1 Å². The summed E-state index contributed by atoms with van der Waals surface area (Å²) in [5, 5.41) is 3.52. The summed E-state index contributed by atoms with van der Waals surface area (Å²) in [6.45, 7) is 3.95. The number of esters is 1. The molecule has 0 bridgehead atoms. The standard InChI is InChI=1S/C15H18N2O4/c1-5-21-15(19)16-12-8-11(14(18)20-4)7-10-6-9(2)17(3)13(10)12/h6-8H,5H2,1-4H3,(H,16,19). The second-order valence-corrected chi connectivity index (χ2v) is 4.64. The van der Waals surface area contributed by atoms with Gasteiger partial charge in [0.1, 0.15) is 0 Å². The fraction of sp³-hybridized carbons (Fsp3) is 0.333. The maximum absolute atomic E-state index is 11.7. The molecule has 6 heteroatoms. The summed E-state index contributed by atoms with van der Waals surface area (Å²) < 4.78 is 11.6. The first-order valence-corrected chi connectivity index (χ1v) is 6.60. The summed E-state index contributed by atoms with van der Waals surface area (Å²) in [6.07, 6.45) is -0.556. The molecule has 0 aliphatic carbocycles. The van der Waals surface area contributed by atoms with Crippen molar-refractivity contribution in [2.24, 2.45) is 7.05 Å². The van der Waals surface area contributed by atoms with Crippen molar-refractivity contribution in [2.75, 3.05) is 19.0 Å². The molecule has 0 aliphatic rings. The van der Waals surface area contributed by atoms with E-state index in [0.717, 1.165) is 16.6 Å². The summed E-state index contributed by atoms with van der Waals surface area (Å²) in [5.41, 5.74) is 2.73. The zero-order chi connectivity index (χ0) is 15.6. The quantitative estimate of drug-likeness (QED) is 0.882. The highest BCUT2D eigenvalue weighted by atomic mass is 16.5. The predicted molar refractivity (Wildman–Crippen MR) is 79.6 cm³/mol. The van der Waals surface area contributed by atoms with E-state index in [1.807, 2.05) is 24.6 Å². The number of anilines is 1. The number of aryl methyl sites for hydroxylation is 2. The molecule has 1 aromatic carbocycles. The van der Waals surface area contributed by atoms with Gasteiger partial charge >= 0.3 is 12.1 Å². The number of nitrogens with one attached hydrogen (secondary N) is 1. The Morgan fingerprint density at radius 3 is 2.62 bits per heavy atom. The number of carbonyl (C=O) groups is 2. The number of nitrogens with zero attached hydrogens (tertiary/aromatic N) is 1. The van der Waals surface area contributed by atoms with Gasteiger partial charge in [0.15, 0.2) is 0 Å². The minimum Gasteiger partial charge on any atom is -0.465 e. The number of methoxy groups -OCH3 is 1. The zero-order valence-electron chi connectivity index (χ0n) is 12.5. The first-order valence-electron chi connectivity index (χ1n) is 6.60. The van der Waals surface area contributed by atoms with Gasteiger partial charge in [0.2, 0.25) is 0 Å². The van der Waals surface area contributed by atoms with E-state index < -0.39 is 12.1 Å². The second-order valence-electron chi connectivity index (χ2n) is 4.64. The number of rotatable bonds is 3. The van der Waals surface area contributed by atoms with E-state index in [0.29, 0.717) is 11.3 Å². The molecule has 1 amide bonds. The van der Waals surface area contributed by atoms with Gasteiger partial charge in [0.25, 0.3) is 0 Å². The Labute approximate surface area is 122 Å². The third-order valence-corrected chi connectivity index (χ3v) is 3.30. The Morgan fingerprint density at radius 1 is 1.29 bits per heavy atom. The minimum atomic E-state index is -0.556. The van der Waals surface area contributed by atoms with Gasteiger partial charge in [0, 0.05) is 18.1 Å². The van der Waals surface area contributed by atoms with Gasteiger partial charge in [-0.2, -0.15) is 0 Å². The third-order valence-electron chi connectivity index (χ3n) is 3.30. The van der Waals surface area contributed by atoms with Crippen molar-refractivity contribution in [2.45, 2.75) is 13.8 Å². The van der Waals surface area contributed by atoms with Crippen LogP contribution in [0.25, 0.3) is 10.9 Å². The van der Waals surface area contributed by atoms with Crippen LogP contribution in [0.15, 0.2) is 18.2 Å². The van der Waals surface area contributed by atoms with Gasteiger partial charge in [-0.25, -0.2) is 9.59 Å². The zero-order valence-corrected chi connectivity index (χ0v) is 12.5. The summed E-state index contributed by atoms with van der Waals surface area (Å²) in [6, 6.07) is 5.27. The Kier molecular flexibility index (Phi) is 4.16. The fourth-order valence-corrected chi connectivity index (χ4v) is 2.25. The molecule has 2 rings (SSSR count). The molecule has 0 atom stereocenters. The molecule has 0 spiro atoms. The van der Waals surface area contributed by atoms with E-state index in [-0.39, 0.29) is 6.61 Å². The van der Waals surface area contributed by atoms with Crippen LogP contribution in [0.3, 0.4) is 0 Å². The number of hydrogen-bond donors (Lipinski definition) is 1. The van der Waals surface area contributed by atoms with E-state index in [2.05, 4.69) is 5.32 Å². The third kappa shape index (κ3) is 2.84. The van der Waals surface area contributed by atoms with Crippen LogP contribution in [0.2, 0.25) is 0 Å². The lowest BCUT2D eigenvalue weighted by molar-refractivity contribution is 0.0601. The molecule has 0 saturated heterocycles. The molecular weight excluding hydrogens is 272 g/mol. The summed E-state index contributed by atoms with van der Waals surface area (Å²) in [5.74, 6) is -0.453. The maximum atomic E-state index is 11.7. The lowest BCUT2D eigenvalue weighted by Crippen LogP contribution is -2.15. The van der Waals surface area contributed by atoms with Crippen molar-refractivity contribution >= 4 is 28.7 Å². The lowest BCUT2D eigenvalue weighted by Gasteiger charge is -2.11. The number of amides is 1. The molecule has 2 aromatic rings. The Hall–Kier alpha value is -2.50. The highest BCUT2D eigenvalue weighted by Crippen LogP contribution is 2.28. The SMILES string of the molecule is CCOC(=O)Nc1cc(C(=O)OC)cc2cc(C)n(C)c12. The average molecular weight is 290 g/mol. The molecule has 6 nitrogen and oxygen atoms in total. The predicted octanol–water partition coefficient (Wildman–Crippen LogP) is 2.84. The molecule has 0 fully saturated rings. The van der Waals surface area contributed by atoms with Crippen molar-refractivity contribution in [3.8, 4) is 0 Å². The summed E-state index contributed by atoms with van der Waals surface area (Å²) in [4.78, 5) is 23.4. The van der Waals surface area contributed by atoms with Crippen LogP contribution in [0.1, 0.15) is 23.0 Å². The van der Waals surface area contributed by atoms with Crippen LogP contribution >= 0.6 is 0 Å². The average Bonchev–Trinajstić information content (AvgIpc) is 2.73. The van der Waals surface area contributed by atoms with E-state index in [1.165, 1.54) is 7.11 Å². The monoisotopic (exact) mass is 290 g/mol. The van der Waals surface area contributed by atoms with Crippen LogP contribution in [0.5, 0.6) is 0 Å². The van der Waals surface area contributed by atoms with Gasteiger partial charge in [-0.15, -0.1) is 0 Å². The topological polar surface area (TPSA) is 69.6 Å². The molecule has 0 aliphatic heterocycles. The van der Waals surface area contributed by atoms with Crippen molar-refractivity contribution in [3.63, 3.8) is 0 Å². The number of hydrogen-bond acceptors (Lipinski definition) is 4. The highest BCUT2D eigenvalue weighted by Gasteiger charge is 2.16. The number of carbonyl (C=O) groups excluding carboxylic acids is 2. The van der Waals surface area contributed by atoms with Gasteiger partial charge in [-0.05, 0) is 32.0 Å². The van der Waals surface area contributed by atoms with Crippen LogP contribution in [0.4, 0.5) is 10.5 Å². The highest BCUT2D eigenvalue weighted by molar-refractivity contribution is 6.04. The van der Waals surface area contributed by atoms with E-state index >= 15 is 0 Å². The minimum absolute atomic E-state index is 0.276. The molecule has 1 heterocycles. The van der Waals surface area contributed by atoms with Crippen LogP contribution < -0.4 is 5.32 Å². The smallest absolute Gasteiger partial charge is 0.411 e. The molecule has 0 radical (unpaired) electrons. The van der Waals surface area contributed by atoms with Crippen molar-refractivity contribution < 1.29 is 19.1 Å². The van der Waals surface area contributed by atoms with Crippen molar-refractivity contribution in [3.05, 3.63) is 29.5 Å². The maximum Gasteiger partial charge on any atom is 0.411 e. The number of aromatic nitrogens is 1. The molecule has 0 unspecified atom stereocenters. The molecule has 1 aromatic heterocycles. The van der Waals surface area contributed by atoms with Crippen LogP contribution in [0, 0.1) is 6.92 Å². The largest absolute Gasteiger partial charge is 0.465 e. The first-order chi connectivity index (χ1) is 9.97. The summed E-state index contributed by atoms with van der Waals surface area (Å²) in [7, 11) is 3.22. The Morgan fingerprint density at radius 2 is 2.00 bits per heavy atom. The van der Waals surface area contributed by atoms with Crippen molar-refractivity contribution in [1.82, 2.24) is 4.57 Å². The summed E-state index contributed by atoms with van der Waals surface area (Å²) >= 11 is 0. The van der Waals surface area contributed by atoms with E-state index in [4.69, 9.17) is 9.47 Å². The lowest BCUT2D eigenvalue weighted by atomic mass is 10.1. The van der Waals surface area contributed by atoms with Crippen LogP contribution in [-0.4, -0.2) is 30.3 Å². The molecule has 0 saturated carbocycles.